The van der Waals surface area contributed by atoms with Crippen LogP contribution in [0.4, 0.5) is 13.9 Å². The number of ether oxygens (including phenoxy) is 1. The van der Waals surface area contributed by atoms with Crippen LogP contribution in [0.3, 0.4) is 0 Å². The van der Waals surface area contributed by atoms with E-state index < -0.39 is 15.9 Å². The first-order valence-electron chi connectivity index (χ1n) is 9.67. The van der Waals surface area contributed by atoms with Gasteiger partial charge in [0, 0.05) is 18.7 Å². The first-order valence-corrected chi connectivity index (χ1v) is 11.9. The highest BCUT2D eigenvalue weighted by Crippen LogP contribution is 2.33. The third-order valence-corrected chi connectivity index (χ3v) is 6.03. The normalized spacial score (nSPS) is 11.8. The van der Waals surface area contributed by atoms with Crippen LogP contribution in [0.25, 0.3) is 10.2 Å². The number of benzene rings is 2. The van der Waals surface area contributed by atoms with Crippen LogP contribution in [-0.2, 0) is 10.1 Å². The van der Waals surface area contributed by atoms with E-state index in [-0.39, 0.29) is 29.4 Å². The van der Waals surface area contributed by atoms with E-state index in [4.69, 9.17) is 15.0 Å². The molecule has 2 aromatic carbocycles. The molecule has 3 aromatic rings. The van der Waals surface area contributed by atoms with Gasteiger partial charge >= 0.3 is 0 Å². The molecule has 0 bridgehead atoms. The monoisotopic (exact) mass is 485 g/mol. The molecule has 0 unspecified atom stereocenters. The lowest BCUT2D eigenvalue weighted by Gasteiger charge is -2.08. The SMILES string of the molecule is CCCNc1nc2ccc(OC/C(=C\F)CN)c(F)c2s1.Cc1ccc(S(=O)(=O)O)cc1. The second kappa shape index (κ2) is 11.9. The second-order valence-corrected chi connectivity index (χ2v) is 9.14. The summed E-state index contributed by atoms with van der Waals surface area (Å²) in [4.78, 5) is 4.23. The smallest absolute Gasteiger partial charge is 0.294 e. The number of rotatable bonds is 8. The summed E-state index contributed by atoms with van der Waals surface area (Å²) in [5.74, 6) is -0.411. The molecule has 0 spiro atoms. The standard InChI is InChI=1S/C14H17F2N3OS.C7H8O3S/c1-2-5-18-14-19-10-3-4-11(12(16)13(10)21-14)20-8-9(6-15)7-17;1-6-2-4-7(5-3-6)11(8,9)10/h3-4,6H,2,5,7-8,17H2,1H3,(H,18,19);2-5H,1H3,(H,8,9,10)/b9-6-;. The zero-order valence-electron chi connectivity index (χ0n) is 17.6. The van der Waals surface area contributed by atoms with Crippen molar-refractivity contribution in [3.63, 3.8) is 0 Å². The van der Waals surface area contributed by atoms with Crippen molar-refractivity contribution < 1.29 is 26.5 Å². The summed E-state index contributed by atoms with van der Waals surface area (Å²) in [6.07, 6.45) is 1.35. The Kier molecular flexibility index (Phi) is 9.51. The molecule has 0 aliphatic carbocycles. The average molecular weight is 486 g/mol. The third-order valence-electron chi connectivity index (χ3n) is 4.14. The van der Waals surface area contributed by atoms with Gasteiger partial charge in [0.25, 0.3) is 10.1 Å². The molecule has 1 heterocycles. The Bertz CT molecular complexity index is 1160. The number of nitrogens with one attached hydrogen (secondary N) is 1. The number of nitrogens with two attached hydrogens (primary N) is 1. The Morgan fingerprint density at radius 3 is 2.53 bits per heavy atom. The van der Waals surface area contributed by atoms with E-state index in [0.29, 0.717) is 21.7 Å². The summed E-state index contributed by atoms with van der Waals surface area (Å²) in [6.45, 7) is 4.63. The van der Waals surface area contributed by atoms with Gasteiger partial charge < -0.3 is 15.8 Å². The van der Waals surface area contributed by atoms with Crippen molar-refractivity contribution in [1.82, 2.24) is 4.98 Å². The topological polar surface area (TPSA) is 115 Å². The van der Waals surface area contributed by atoms with Crippen LogP contribution in [0.2, 0.25) is 0 Å². The molecule has 11 heteroatoms. The number of hydrogen-bond donors (Lipinski definition) is 3. The molecule has 0 radical (unpaired) electrons. The minimum absolute atomic E-state index is 0.0337. The lowest BCUT2D eigenvalue weighted by atomic mass is 10.2. The van der Waals surface area contributed by atoms with Crippen molar-refractivity contribution in [2.24, 2.45) is 5.73 Å². The molecule has 0 aliphatic heterocycles. The highest BCUT2D eigenvalue weighted by atomic mass is 32.2. The molecule has 32 heavy (non-hydrogen) atoms. The van der Waals surface area contributed by atoms with Gasteiger partial charge in [-0.2, -0.15) is 8.42 Å². The predicted molar refractivity (Wildman–Crippen MR) is 123 cm³/mol. The highest BCUT2D eigenvalue weighted by Gasteiger charge is 2.14. The minimum atomic E-state index is -4.02. The Morgan fingerprint density at radius 2 is 1.97 bits per heavy atom. The van der Waals surface area contributed by atoms with Gasteiger partial charge in [-0.05, 0) is 37.6 Å². The fraction of sp³-hybridized carbons (Fsp3) is 0.286. The van der Waals surface area contributed by atoms with Crippen LogP contribution in [0.1, 0.15) is 18.9 Å². The molecule has 7 nitrogen and oxygen atoms in total. The maximum Gasteiger partial charge on any atom is 0.294 e. The molecular weight excluding hydrogens is 460 g/mol. The van der Waals surface area contributed by atoms with Gasteiger partial charge in [-0.1, -0.05) is 36.0 Å². The zero-order chi connectivity index (χ0) is 23.7. The number of halogens is 2. The molecular formula is C21H25F2N3O4S2. The van der Waals surface area contributed by atoms with E-state index in [1.165, 1.54) is 29.5 Å². The van der Waals surface area contributed by atoms with Gasteiger partial charge in [-0.15, -0.1) is 0 Å². The lowest BCUT2D eigenvalue weighted by Crippen LogP contribution is -2.11. The summed E-state index contributed by atoms with van der Waals surface area (Å²) >= 11 is 1.23. The number of aryl methyl sites for hydroxylation is 1. The molecule has 0 saturated carbocycles. The Morgan fingerprint density at radius 1 is 1.28 bits per heavy atom. The van der Waals surface area contributed by atoms with Crippen molar-refractivity contribution >= 4 is 36.8 Å². The van der Waals surface area contributed by atoms with Gasteiger partial charge in [0.15, 0.2) is 16.7 Å². The number of hydrogen-bond acceptors (Lipinski definition) is 7. The van der Waals surface area contributed by atoms with Crippen LogP contribution < -0.4 is 15.8 Å². The molecule has 0 saturated heterocycles. The molecule has 0 atom stereocenters. The Hall–Kier alpha value is -2.60. The van der Waals surface area contributed by atoms with E-state index in [0.717, 1.165) is 18.5 Å². The summed E-state index contributed by atoms with van der Waals surface area (Å²) in [5, 5.41) is 3.80. The molecule has 3 rings (SSSR count). The first-order chi connectivity index (χ1) is 15.2. The van der Waals surface area contributed by atoms with E-state index in [1.807, 2.05) is 13.8 Å². The maximum absolute atomic E-state index is 14.3. The van der Waals surface area contributed by atoms with Crippen LogP contribution >= 0.6 is 11.3 Å². The van der Waals surface area contributed by atoms with Crippen LogP contribution in [0.15, 0.2) is 53.2 Å². The quantitative estimate of drug-likeness (QED) is 0.397. The number of nitrogens with zero attached hydrogens (tertiary/aromatic N) is 1. The first kappa shape index (κ1) is 25.7. The van der Waals surface area contributed by atoms with Crippen molar-refractivity contribution in [2.45, 2.75) is 25.2 Å². The predicted octanol–water partition coefficient (Wildman–Crippen LogP) is 4.69. The van der Waals surface area contributed by atoms with E-state index in [2.05, 4.69) is 10.3 Å². The minimum Gasteiger partial charge on any atom is -0.486 e. The number of anilines is 1. The maximum atomic E-state index is 14.3. The van der Waals surface area contributed by atoms with Gasteiger partial charge in [-0.3, -0.25) is 4.55 Å². The molecule has 0 amide bonds. The van der Waals surface area contributed by atoms with E-state index >= 15 is 0 Å². The summed E-state index contributed by atoms with van der Waals surface area (Å²) in [6, 6.07) is 9.16. The second-order valence-electron chi connectivity index (χ2n) is 6.72. The number of fused-ring (bicyclic) bond motifs is 1. The van der Waals surface area contributed by atoms with Crippen molar-refractivity contribution in [2.75, 3.05) is 25.0 Å². The number of aromatic nitrogens is 1. The number of thiazole rings is 1. The Balaban J connectivity index is 0.000000278. The van der Waals surface area contributed by atoms with Crippen LogP contribution in [0.5, 0.6) is 5.75 Å². The van der Waals surface area contributed by atoms with E-state index in [9.17, 15) is 17.2 Å². The molecule has 0 aliphatic rings. The fourth-order valence-corrected chi connectivity index (χ4v) is 3.78. The van der Waals surface area contributed by atoms with Crippen molar-refractivity contribution in [3.8, 4) is 5.75 Å². The molecule has 174 valence electrons. The van der Waals surface area contributed by atoms with Crippen LogP contribution in [-0.4, -0.2) is 37.7 Å². The summed E-state index contributed by atoms with van der Waals surface area (Å²) < 4.78 is 62.0. The van der Waals surface area contributed by atoms with Crippen molar-refractivity contribution in [3.05, 3.63) is 59.7 Å². The molecule has 0 fully saturated rings. The highest BCUT2D eigenvalue weighted by molar-refractivity contribution is 7.85. The fourth-order valence-electron chi connectivity index (χ4n) is 2.38. The van der Waals surface area contributed by atoms with E-state index in [1.54, 1.807) is 18.2 Å². The summed E-state index contributed by atoms with van der Waals surface area (Å²) in [7, 11) is -4.02. The van der Waals surface area contributed by atoms with Gasteiger partial charge in [0.05, 0.1) is 21.4 Å². The largest absolute Gasteiger partial charge is 0.486 e. The summed E-state index contributed by atoms with van der Waals surface area (Å²) in [5.41, 5.74) is 7.12. The van der Waals surface area contributed by atoms with Gasteiger partial charge in [0.2, 0.25) is 0 Å². The lowest BCUT2D eigenvalue weighted by molar-refractivity contribution is 0.330. The molecule has 1 aromatic heterocycles. The van der Waals surface area contributed by atoms with Gasteiger partial charge in [-0.25, -0.2) is 13.8 Å². The van der Waals surface area contributed by atoms with Crippen LogP contribution in [0, 0.1) is 12.7 Å². The zero-order valence-corrected chi connectivity index (χ0v) is 19.3. The third kappa shape index (κ3) is 7.23. The average Bonchev–Trinajstić information content (AvgIpc) is 3.18. The van der Waals surface area contributed by atoms with Crippen molar-refractivity contribution in [1.29, 1.82) is 0 Å². The Labute approximate surface area is 189 Å². The molecule has 4 N–H and O–H groups in total. The van der Waals surface area contributed by atoms with Gasteiger partial charge in [0.1, 0.15) is 6.61 Å².